The van der Waals surface area contributed by atoms with Crippen molar-refractivity contribution in [2.24, 2.45) is 0 Å². The monoisotopic (exact) mass is 554 g/mol. The van der Waals surface area contributed by atoms with Crippen LogP contribution in [-0.2, 0) is 6.42 Å². The van der Waals surface area contributed by atoms with E-state index in [0.29, 0.717) is 39.2 Å². The molecule has 3 aromatic heterocycles. The van der Waals surface area contributed by atoms with E-state index in [4.69, 9.17) is 10.5 Å². The number of nitrogen functional groups attached to an aromatic ring is 1. The van der Waals surface area contributed by atoms with Crippen molar-refractivity contribution in [2.45, 2.75) is 40.2 Å². The molecule has 41 heavy (non-hydrogen) atoms. The first-order chi connectivity index (χ1) is 19.5. The number of carbonyl (C=O) groups is 1. The third-order valence-electron chi connectivity index (χ3n) is 6.96. The lowest BCUT2D eigenvalue weighted by Crippen LogP contribution is -2.24. The summed E-state index contributed by atoms with van der Waals surface area (Å²) in [5.41, 5.74) is 9.06. The van der Waals surface area contributed by atoms with E-state index in [0.717, 1.165) is 5.56 Å². The summed E-state index contributed by atoms with van der Waals surface area (Å²) >= 11 is 0. The van der Waals surface area contributed by atoms with Crippen molar-refractivity contribution in [3.05, 3.63) is 111 Å². The van der Waals surface area contributed by atoms with E-state index in [9.17, 15) is 14.0 Å². The highest BCUT2D eigenvalue weighted by molar-refractivity contribution is 5.98. The largest absolute Gasteiger partial charge is 0.452 e. The molecule has 0 unspecified atom stereocenters. The van der Waals surface area contributed by atoms with Gasteiger partial charge in [-0.05, 0) is 74.7 Å². The zero-order chi connectivity index (χ0) is 29.4. The second-order valence-corrected chi connectivity index (χ2v) is 10.2. The number of benzene rings is 2. The number of halogens is 2. The van der Waals surface area contributed by atoms with Gasteiger partial charge in [0.25, 0.3) is 0 Å². The summed E-state index contributed by atoms with van der Waals surface area (Å²) in [7, 11) is 0. The molecule has 0 amide bonds. The van der Waals surface area contributed by atoms with Gasteiger partial charge in [0, 0.05) is 42.2 Å². The highest BCUT2D eigenvalue weighted by Crippen LogP contribution is 2.31. The van der Waals surface area contributed by atoms with Gasteiger partial charge in [0.2, 0.25) is 0 Å². The van der Waals surface area contributed by atoms with Crippen LogP contribution in [0.25, 0.3) is 22.2 Å². The van der Waals surface area contributed by atoms with E-state index in [1.165, 1.54) is 42.6 Å². The molecule has 0 aliphatic carbocycles. The number of fused-ring (bicyclic) bond motifs is 1. The van der Waals surface area contributed by atoms with Crippen molar-refractivity contribution < 1.29 is 18.3 Å². The van der Waals surface area contributed by atoms with Crippen LogP contribution in [0.15, 0.2) is 71.8 Å². The molecule has 2 N–H and O–H groups in total. The molecule has 5 rings (SSSR count). The molecule has 9 heteroatoms. The zero-order valence-electron chi connectivity index (χ0n) is 23.0. The minimum atomic E-state index is -0.684. The van der Waals surface area contributed by atoms with E-state index in [1.807, 2.05) is 25.3 Å². The van der Waals surface area contributed by atoms with Crippen LogP contribution in [0.5, 0.6) is 11.5 Å². The Balaban J connectivity index is 1.45. The van der Waals surface area contributed by atoms with Gasteiger partial charge in [0.1, 0.15) is 17.2 Å². The average Bonchev–Trinajstić information content (AvgIpc) is 2.92. The van der Waals surface area contributed by atoms with E-state index in [1.54, 1.807) is 31.3 Å². The second-order valence-electron chi connectivity index (χ2n) is 10.2. The Morgan fingerprint density at radius 2 is 1.76 bits per heavy atom. The number of hydrogen-bond acceptors (Lipinski definition) is 6. The lowest BCUT2D eigenvalue weighted by atomic mass is 9.97. The quantitative estimate of drug-likeness (QED) is 0.224. The van der Waals surface area contributed by atoms with E-state index in [-0.39, 0.29) is 29.5 Å². The predicted octanol–water partition coefficient (Wildman–Crippen LogP) is 6.73. The molecule has 0 aliphatic rings. The van der Waals surface area contributed by atoms with Crippen LogP contribution < -0.4 is 15.9 Å². The van der Waals surface area contributed by atoms with E-state index in [2.05, 4.69) is 9.97 Å². The molecule has 0 spiro atoms. The predicted molar refractivity (Wildman–Crippen MR) is 154 cm³/mol. The number of ether oxygens (including phenoxy) is 1. The van der Waals surface area contributed by atoms with E-state index >= 15 is 4.39 Å². The maximum absolute atomic E-state index is 15.2. The van der Waals surface area contributed by atoms with Crippen molar-refractivity contribution in [1.82, 2.24) is 14.5 Å². The first-order valence-corrected chi connectivity index (χ1v) is 13.1. The molecule has 5 aromatic rings. The van der Waals surface area contributed by atoms with Gasteiger partial charge < -0.3 is 15.0 Å². The molecule has 0 fully saturated rings. The summed E-state index contributed by atoms with van der Waals surface area (Å²) in [4.78, 5) is 35.5. The lowest BCUT2D eigenvalue weighted by Gasteiger charge is -2.20. The van der Waals surface area contributed by atoms with Gasteiger partial charge in [-0.25, -0.2) is 13.8 Å². The van der Waals surface area contributed by atoms with Gasteiger partial charge in [-0.3, -0.25) is 14.6 Å². The molecule has 0 bridgehead atoms. The Kier molecular flexibility index (Phi) is 7.36. The van der Waals surface area contributed by atoms with Crippen molar-refractivity contribution >= 4 is 22.6 Å². The third kappa shape index (κ3) is 5.43. The second kappa shape index (κ2) is 10.9. The maximum atomic E-state index is 15.2. The number of Topliss-reactive ketones (excluding diaryl/α,β-unsaturated/α-hetero) is 1. The van der Waals surface area contributed by atoms with Crippen molar-refractivity contribution in [1.29, 1.82) is 0 Å². The molecule has 3 heterocycles. The molecule has 0 atom stereocenters. The molecule has 208 valence electrons. The highest BCUT2D eigenvalue weighted by Gasteiger charge is 2.21. The van der Waals surface area contributed by atoms with Crippen molar-refractivity contribution in [3.8, 4) is 22.6 Å². The number of nitrogens with zero attached hydrogens (tertiary/aromatic N) is 3. The zero-order valence-corrected chi connectivity index (χ0v) is 23.0. The smallest absolute Gasteiger partial charge is 0.200 e. The summed E-state index contributed by atoms with van der Waals surface area (Å²) in [5.74, 6) is -1.03. The first-order valence-electron chi connectivity index (χ1n) is 13.1. The highest BCUT2D eigenvalue weighted by atomic mass is 19.1. The van der Waals surface area contributed by atoms with Crippen molar-refractivity contribution in [2.75, 3.05) is 5.73 Å². The number of anilines is 1. The normalized spacial score (nSPS) is 11.3. The minimum Gasteiger partial charge on any atom is -0.452 e. The Morgan fingerprint density at radius 3 is 2.44 bits per heavy atom. The van der Waals surface area contributed by atoms with Crippen LogP contribution in [0.4, 0.5) is 14.6 Å². The summed E-state index contributed by atoms with van der Waals surface area (Å²) in [6.45, 7) is 7.48. The summed E-state index contributed by atoms with van der Waals surface area (Å²) in [6, 6.07) is 13.1. The fraction of sp³-hybridized carbons (Fsp3) is 0.188. The number of aromatic nitrogens is 3. The minimum absolute atomic E-state index is 0.0217. The van der Waals surface area contributed by atoms with Crippen LogP contribution in [0, 0.1) is 25.5 Å². The average molecular weight is 555 g/mol. The molecular weight excluding hydrogens is 526 g/mol. The molecule has 0 radical (unpaired) electrons. The Labute approximate surface area is 235 Å². The molecule has 2 aromatic carbocycles. The fourth-order valence-electron chi connectivity index (χ4n) is 4.79. The topological polar surface area (TPSA) is 100 Å². The van der Waals surface area contributed by atoms with Crippen LogP contribution in [0.3, 0.4) is 0 Å². The number of rotatable bonds is 7. The van der Waals surface area contributed by atoms with Gasteiger partial charge >= 0.3 is 0 Å². The van der Waals surface area contributed by atoms with Gasteiger partial charge in [-0.1, -0.05) is 18.2 Å². The molecular formula is C32H28F2N4O3. The Hall–Kier alpha value is -4.92. The van der Waals surface area contributed by atoms with Crippen LogP contribution in [0.2, 0.25) is 0 Å². The number of pyridine rings is 3. The van der Waals surface area contributed by atoms with Gasteiger partial charge in [-0.2, -0.15) is 0 Å². The SMILES string of the molecule is Cc1cc2nccc(Oc3ccc(CC(=O)c4cn(C(C)C)c(C)c(-c5ccc(F)cc5)c4=O)cc3F)c2nc1N. The molecule has 7 nitrogen and oxygen atoms in total. The molecule has 0 aliphatic heterocycles. The molecule has 0 saturated carbocycles. The maximum Gasteiger partial charge on any atom is 0.200 e. The van der Waals surface area contributed by atoms with Crippen LogP contribution in [0.1, 0.15) is 47.1 Å². The Bertz CT molecular complexity index is 1860. The van der Waals surface area contributed by atoms with Gasteiger partial charge in [-0.15, -0.1) is 0 Å². The number of carbonyl (C=O) groups excluding carboxylic acids is 1. The third-order valence-corrected chi connectivity index (χ3v) is 6.96. The summed E-state index contributed by atoms with van der Waals surface area (Å²) in [6.07, 6.45) is 2.87. The van der Waals surface area contributed by atoms with Crippen molar-refractivity contribution in [3.63, 3.8) is 0 Å². The van der Waals surface area contributed by atoms with Crippen LogP contribution in [-0.4, -0.2) is 20.3 Å². The number of aryl methyl sites for hydroxylation is 1. The van der Waals surface area contributed by atoms with E-state index < -0.39 is 22.8 Å². The van der Waals surface area contributed by atoms with Gasteiger partial charge in [0.05, 0.1) is 11.1 Å². The molecule has 0 saturated heterocycles. The summed E-state index contributed by atoms with van der Waals surface area (Å²) in [5, 5.41) is 0. The number of ketones is 1. The number of hydrogen-bond donors (Lipinski definition) is 1. The van der Waals surface area contributed by atoms with Crippen LogP contribution >= 0.6 is 0 Å². The first kappa shape index (κ1) is 27.6. The standard InChI is InChI=1S/C32H28F2N4O3/c1-17(2)38-16-23(31(40)29(19(38)4)21-6-8-22(33)9-7-21)26(39)15-20-5-10-27(24(34)14-20)41-28-11-12-36-25-13-18(3)32(35)37-30(25)28/h5-14,16-17H,15H2,1-4H3,(H2,35,37). The number of nitrogens with two attached hydrogens (primary N) is 1. The summed E-state index contributed by atoms with van der Waals surface area (Å²) < 4.78 is 36.4. The fourth-order valence-corrected chi connectivity index (χ4v) is 4.79. The Morgan fingerprint density at radius 1 is 1.02 bits per heavy atom. The lowest BCUT2D eigenvalue weighted by molar-refractivity contribution is 0.0991. The van der Waals surface area contributed by atoms with Gasteiger partial charge in [0.15, 0.2) is 28.5 Å².